The van der Waals surface area contributed by atoms with Gasteiger partial charge in [-0.05, 0) is 98.1 Å². The fourth-order valence-electron chi connectivity index (χ4n) is 5.86. The smallest absolute Gasteiger partial charge is 0.166 e. The van der Waals surface area contributed by atoms with Gasteiger partial charge in [-0.1, -0.05) is 49.7 Å². The number of rotatable bonds is 6. The SMILES string of the molecule is CC[C@H]1CC[C@H](c2ccc(-c3ccc([C@H]4CC[C@H](CCF)CC4)c(F)c3F)cc2)CC1. The minimum absolute atomic E-state index is 0.0417. The van der Waals surface area contributed by atoms with Crippen LogP contribution in [0.5, 0.6) is 0 Å². The molecule has 0 bridgehead atoms. The molecule has 2 saturated carbocycles. The van der Waals surface area contributed by atoms with Crippen LogP contribution >= 0.6 is 0 Å². The summed E-state index contributed by atoms with van der Waals surface area (Å²) in [5.74, 6) is 0.454. The van der Waals surface area contributed by atoms with Crippen molar-refractivity contribution in [3.05, 3.63) is 59.2 Å². The molecule has 0 spiro atoms. The monoisotopic (exact) mass is 428 g/mol. The summed E-state index contributed by atoms with van der Waals surface area (Å²) < 4.78 is 42.6. The van der Waals surface area contributed by atoms with E-state index in [1.54, 1.807) is 12.1 Å². The van der Waals surface area contributed by atoms with E-state index >= 15 is 4.39 Å². The summed E-state index contributed by atoms with van der Waals surface area (Å²) in [6.07, 6.45) is 10.3. The Bertz CT molecular complexity index is 841. The lowest BCUT2D eigenvalue weighted by Crippen LogP contribution is -2.15. The van der Waals surface area contributed by atoms with Crippen LogP contribution in [0.3, 0.4) is 0 Å². The first-order chi connectivity index (χ1) is 15.1. The predicted molar refractivity (Wildman–Crippen MR) is 122 cm³/mol. The standard InChI is InChI=1S/C28H35F3/c1-2-19-3-7-21(8-4-19)22-11-13-24(14-12-22)26-16-15-25(27(30)28(26)31)23-9-5-20(6-10-23)17-18-29/h11-16,19-21,23H,2-10,17-18H2,1H3/t19-,20-,21-,23-. The van der Waals surface area contributed by atoms with Gasteiger partial charge in [0.05, 0.1) is 6.67 Å². The summed E-state index contributed by atoms with van der Waals surface area (Å²) in [4.78, 5) is 0. The van der Waals surface area contributed by atoms with Gasteiger partial charge >= 0.3 is 0 Å². The molecule has 4 rings (SSSR count). The van der Waals surface area contributed by atoms with Crippen molar-refractivity contribution >= 4 is 0 Å². The summed E-state index contributed by atoms with van der Waals surface area (Å²) in [6, 6.07) is 11.6. The maximum atomic E-state index is 15.0. The number of hydrogen-bond acceptors (Lipinski definition) is 0. The first kappa shape index (κ1) is 22.4. The van der Waals surface area contributed by atoms with E-state index in [1.807, 2.05) is 12.1 Å². The van der Waals surface area contributed by atoms with E-state index in [4.69, 9.17) is 0 Å². The number of hydrogen-bond donors (Lipinski definition) is 0. The summed E-state index contributed by atoms with van der Waals surface area (Å²) >= 11 is 0. The van der Waals surface area contributed by atoms with Crippen LogP contribution in [0.25, 0.3) is 11.1 Å². The molecule has 2 aliphatic carbocycles. The molecule has 0 nitrogen and oxygen atoms in total. The lowest BCUT2D eigenvalue weighted by molar-refractivity contribution is 0.280. The van der Waals surface area contributed by atoms with Crippen LogP contribution in [-0.4, -0.2) is 6.67 Å². The normalized spacial score (nSPS) is 26.7. The molecule has 0 saturated heterocycles. The minimum atomic E-state index is -0.736. The maximum absolute atomic E-state index is 15.0. The number of halogens is 3. The molecule has 31 heavy (non-hydrogen) atoms. The number of alkyl halides is 1. The second-order valence-electron chi connectivity index (χ2n) is 9.77. The first-order valence-electron chi connectivity index (χ1n) is 12.2. The van der Waals surface area contributed by atoms with Gasteiger partial charge in [-0.3, -0.25) is 4.39 Å². The highest BCUT2D eigenvalue weighted by atomic mass is 19.2. The van der Waals surface area contributed by atoms with E-state index in [0.29, 0.717) is 29.4 Å². The van der Waals surface area contributed by atoms with Crippen molar-refractivity contribution in [1.82, 2.24) is 0 Å². The second kappa shape index (κ2) is 10.2. The predicted octanol–water partition coefficient (Wildman–Crippen LogP) is 8.95. The average Bonchev–Trinajstić information content (AvgIpc) is 2.82. The fraction of sp³-hybridized carbons (Fsp3) is 0.571. The molecule has 2 aliphatic rings. The van der Waals surface area contributed by atoms with E-state index in [-0.39, 0.29) is 12.6 Å². The third kappa shape index (κ3) is 5.02. The Balaban J connectivity index is 1.46. The van der Waals surface area contributed by atoms with Crippen LogP contribution in [0, 0.1) is 23.5 Å². The Morgan fingerprint density at radius 2 is 1.32 bits per heavy atom. The maximum Gasteiger partial charge on any atom is 0.166 e. The van der Waals surface area contributed by atoms with Crippen LogP contribution in [0.4, 0.5) is 13.2 Å². The van der Waals surface area contributed by atoms with Gasteiger partial charge in [0, 0.05) is 5.56 Å². The van der Waals surface area contributed by atoms with Crippen molar-refractivity contribution in [2.45, 2.75) is 83.0 Å². The molecule has 0 amide bonds. The molecule has 3 heteroatoms. The van der Waals surface area contributed by atoms with Crippen LogP contribution in [0.2, 0.25) is 0 Å². The Morgan fingerprint density at radius 1 is 0.710 bits per heavy atom. The van der Waals surface area contributed by atoms with Crippen LogP contribution in [0.1, 0.15) is 94.1 Å². The largest absolute Gasteiger partial charge is 0.251 e. The van der Waals surface area contributed by atoms with Crippen LogP contribution < -0.4 is 0 Å². The van der Waals surface area contributed by atoms with E-state index < -0.39 is 11.6 Å². The molecule has 2 aromatic carbocycles. The lowest BCUT2D eigenvalue weighted by Gasteiger charge is -2.29. The molecule has 0 aromatic heterocycles. The van der Waals surface area contributed by atoms with Gasteiger partial charge in [0.1, 0.15) is 0 Å². The zero-order valence-corrected chi connectivity index (χ0v) is 18.7. The van der Waals surface area contributed by atoms with Crippen LogP contribution in [-0.2, 0) is 0 Å². The van der Waals surface area contributed by atoms with Gasteiger partial charge < -0.3 is 0 Å². The Hall–Kier alpha value is -1.77. The van der Waals surface area contributed by atoms with Crippen molar-refractivity contribution in [2.24, 2.45) is 11.8 Å². The fourth-order valence-corrected chi connectivity index (χ4v) is 5.86. The average molecular weight is 429 g/mol. The summed E-state index contributed by atoms with van der Waals surface area (Å²) in [7, 11) is 0. The van der Waals surface area contributed by atoms with E-state index in [2.05, 4.69) is 19.1 Å². The second-order valence-corrected chi connectivity index (χ2v) is 9.77. The van der Waals surface area contributed by atoms with Gasteiger partial charge in [-0.2, -0.15) is 0 Å². The van der Waals surface area contributed by atoms with E-state index in [0.717, 1.165) is 37.2 Å². The molecule has 2 aromatic rings. The Labute approximate surface area is 185 Å². The van der Waals surface area contributed by atoms with Crippen molar-refractivity contribution in [1.29, 1.82) is 0 Å². The van der Waals surface area contributed by atoms with Crippen molar-refractivity contribution in [3.8, 4) is 11.1 Å². The summed E-state index contributed by atoms with van der Waals surface area (Å²) in [5, 5.41) is 0. The zero-order valence-electron chi connectivity index (χ0n) is 18.7. The van der Waals surface area contributed by atoms with E-state index in [1.165, 1.54) is 37.7 Å². The third-order valence-corrected chi connectivity index (χ3v) is 8.03. The topological polar surface area (TPSA) is 0 Å². The van der Waals surface area contributed by atoms with Gasteiger partial charge in [0.2, 0.25) is 0 Å². The summed E-state index contributed by atoms with van der Waals surface area (Å²) in [6.45, 7) is 1.99. The van der Waals surface area contributed by atoms with Gasteiger partial charge in [0.25, 0.3) is 0 Å². The summed E-state index contributed by atoms with van der Waals surface area (Å²) in [5.41, 5.74) is 2.89. The number of benzene rings is 2. The highest BCUT2D eigenvalue weighted by molar-refractivity contribution is 5.65. The molecular formula is C28H35F3. The van der Waals surface area contributed by atoms with E-state index in [9.17, 15) is 8.78 Å². The van der Waals surface area contributed by atoms with Crippen molar-refractivity contribution in [2.75, 3.05) is 6.67 Å². The van der Waals surface area contributed by atoms with Crippen molar-refractivity contribution < 1.29 is 13.2 Å². The third-order valence-electron chi connectivity index (χ3n) is 8.03. The minimum Gasteiger partial charge on any atom is -0.251 e. The lowest BCUT2D eigenvalue weighted by atomic mass is 9.77. The highest BCUT2D eigenvalue weighted by Gasteiger charge is 2.27. The molecule has 2 fully saturated rings. The quantitative estimate of drug-likeness (QED) is 0.431. The van der Waals surface area contributed by atoms with Crippen LogP contribution in [0.15, 0.2) is 36.4 Å². The molecule has 0 radical (unpaired) electrons. The molecule has 0 atom stereocenters. The molecule has 0 heterocycles. The zero-order chi connectivity index (χ0) is 21.8. The Morgan fingerprint density at radius 3 is 1.94 bits per heavy atom. The Kier molecular flexibility index (Phi) is 7.40. The van der Waals surface area contributed by atoms with Crippen molar-refractivity contribution in [3.63, 3.8) is 0 Å². The molecule has 0 N–H and O–H groups in total. The van der Waals surface area contributed by atoms with Gasteiger partial charge in [-0.15, -0.1) is 0 Å². The molecule has 0 unspecified atom stereocenters. The van der Waals surface area contributed by atoms with Gasteiger partial charge in [-0.25, -0.2) is 8.78 Å². The highest BCUT2D eigenvalue weighted by Crippen LogP contribution is 2.41. The molecular weight excluding hydrogens is 393 g/mol. The first-order valence-corrected chi connectivity index (χ1v) is 12.2. The molecule has 168 valence electrons. The van der Waals surface area contributed by atoms with Gasteiger partial charge in [0.15, 0.2) is 11.6 Å². The molecule has 0 aliphatic heterocycles.